The third kappa shape index (κ3) is 5.01. The fraction of sp³-hybridized carbons (Fsp3) is 0.364. The lowest BCUT2D eigenvalue weighted by Gasteiger charge is -2.10. The Labute approximate surface area is 108 Å². The van der Waals surface area contributed by atoms with Crippen molar-refractivity contribution in [2.75, 3.05) is 12.4 Å². The van der Waals surface area contributed by atoms with E-state index in [-0.39, 0.29) is 18.6 Å². The summed E-state index contributed by atoms with van der Waals surface area (Å²) in [5.41, 5.74) is 0. The maximum absolute atomic E-state index is 11.4. The van der Waals surface area contributed by atoms with Crippen LogP contribution in [-0.4, -0.2) is 29.4 Å². The minimum absolute atomic E-state index is 0.0344. The van der Waals surface area contributed by atoms with Gasteiger partial charge < -0.3 is 10.4 Å². The second kappa shape index (κ2) is 6.93. The van der Waals surface area contributed by atoms with Gasteiger partial charge in [-0.1, -0.05) is 22.0 Å². The Morgan fingerprint density at radius 3 is 3.00 bits per heavy atom. The smallest absolute Gasteiger partial charge is 0.230 e. The molecule has 0 fully saturated rings. The van der Waals surface area contributed by atoms with Gasteiger partial charge in [-0.05, 0) is 25.1 Å². The van der Waals surface area contributed by atoms with Gasteiger partial charge in [0.1, 0.15) is 0 Å². The molecular formula is C11H14BrNO2S. The Balaban J connectivity index is 2.37. The largest absolute Gasteiger partial charge is 0.394 e. The summed E-state index contributed by atoms with van der Waals surface area (Å²) in [6.45, 7) is 1.73. The highest BCUT2D eigenvalue weighted by atomic mass is 79.9. The number of aliphatic hydroxyl groups is 1. The first kappa shape index (κ1) is 13.5. The van der Waals surface area contributed by atoms with E-state index in [4.69, 9.17) is 5.11 Å². The van der Waals surface area contributed by atoms with Crippen LogP contribution in [0.3, 0.4) is 0 Å². The van der Waals surface area contributed by atoms with Gasteiger partial charge in [0.2, 0.25) is 5.91 Å². The number of hydrogen-bond donors (Lipinski definition) is 2. The molecule has 5 heteroatoms. The topological polar surface area (TPSA) is 49.3 Å². The molecule has 16 heavy (non-hydrogen) atoms. The van der Waals surface area contributed by atoms with Gasteiger partial charge in [0.25, 0.3) is 0 Å². The number of amides is 1. The van der Waals surface area contributed by atoms with Crippen molar-refractivity contribution in [3.8, 4) is 0 Å². The highest BCUT2D eigenvalue weighted by Gasteiger charge is 2.06. The molecule has 3 nitrogen and oxygen atoms in total. The monoisotopic (exact) mass is 303 g/mol. The van der Waals surface area contributed by atoms with E-state index in [1.54, 1.807) is 6.92 Å². The zero-order chi connectivity index (χ0) is 12.0. The van der Waals surface area contributed by atoms with Crippen molar-refractivity contribution in [2.45, 2.75) is 17.9 Å². The molecule has 0 radical (unpaired) electrons. The molecule has 0 spiro atoms. The average Bonchev–Trinajstić information content (AvgIpc) is 2.26. The third-order valence-corrected chi connectivity index (χ3v) is 3.33. The van der Waals surface area contributed by atoms with Crippen molar-refractivity contribution >= 4 is 33.6 Å². The van der Waals surface area contributed by atoms with E-state index in [0.717, 1.165) is 9.37 Å². The van der Waals surface area contributed by atoms with Crippen LogP contribution in [0.25, 0.3) is 0 Å². The first-order valence-electron chi connectivity index (χ1n) is 4.90. The zero-order valence-corrected chi connectivity index (χ0v) is 11.3. The number of rotatable bonds is 5. The first-order valence-corrected chi connectivity index (χ1v) is 6.68. The molecule has 0 saturated carbocycles. The van der Waals surface area contributed by atoms with Gasteiger partial charge in [0.15, 0.2) is 0 Å². The Hall–Kier alpha value is -0.520. The third-order valence-electron chi connectivity index (χ3n) is 1.85. The van der Waals surface area contributed by atoms with Crippen LogP contribution in [0.5, 0.6) is 0 Å². The summed E-state index contributed by atoms with van der Waals surface area (Å²) in [5, 5.41) is 11.5. The molecule has 0 bridgehead atoms. The van der Waals surface area contributed by atoms with Gasteiger partial charge in [0.05, 0.1) is 12.4 Å². The Kier molecular flexibility index (Phi) is 5.87. The molecule has 2 N–H and O–H groups in total. The Bertz CT molecular complexity index is 360. The van der Waals surface area contributed by atoms with Crippen LogP contribution in [0.15, 0.2) is 33.6 Å². The fourth-order valence-electron chi connectivity index (χ4n) is 1.07. The minimum atomic E-state index is -0.185. The van der Waals surface area contributed by atoms with E-state index in [0.29, 0.717) is 5.75 Å². The molecule has 1 amide bonds. The summed E-state index contributed by atoms with van der Waals surface area (Å²) in [4.78, 5) is 12.5. The number of nitrogens with one attached hydrogen (secondary N) is 1. The van der Waals surface area contributed by atoms with Crippen LogP contribution in [0, 0.1) is 0 Å². The van der Waals surface area contributed by atoms with E-state index in [9.17, 15) is 4.79 Å². The summed E-state index contributed by atoms with van der Waals surface area (Å²) in [6.07, 6.45) is 0. The van der Waals surface area contributed by atoms with Crippen LogP contribution in [0.1, 0.15) is 6.92 Å². The van der Waals surface area contributed by atoms with E-state index in [2.05, 4.69) is 21.2 Å². The second-order valence-electron chi connectivity index (χ2n) is 3.40. The summed E-state index contributed by atoms with van der Waals surface area (Å²) < 4.78 is 1.00. The Morgan fingerprint density at radius 1 is 1.62 bits per heavy atom. The SMILES string of the molecule is CC(CO)NC(=O)CSc1cccc(Br)c1. The van der Waals surface area contributed by atoms with E-state index in [1.165, 1.54) is 11.8 Å². The molecule has 0 aliphatic heterocycles. The van der Waals surface area contributed by atoms with E-state index >= 15 is 0 Å². The van der Waals surface area contributed by atoms with Gasteiger partial charge in [0, 0.05) is 15.4 Å². The first-order chi connectivity index (χ1) is 7.61. The van der Waals surface area contributed by atoms with Crippen LogP contribution in [0.4, 0.5) is 0 Å². The van der Waals surface area contributed by atoms with Crippen molar-refractivity contribution in [2.24, 2.45) is 0 Å². The lowest BCUT2D eigenvalue weighted by Crippen LogP contribution is -2.36. The van der Waals surface area contributed by atoms with Crippen molar-refractivity contribution in [3.63, 3.8) is 0 Å². The maximum atomic E-state index is 11.4. The molecule has 0 saturated heterocycles. The molecule has 0 aliphatic carbocycles. The van der Waals surface area contributed by atoms with Crippen molar-refractivity contribution < 1.29 is 9.90 Å². The van der Waals surface area contributed by atoms with Crippen molar-refractivity contribution in [3.05, 3.63) is 28.7 Å². The maximum Gasteiger partial charge on any atom is 0.230 e. The van der Waals surface area contributed by atoms with E-state index in [1.807, 2.05) is 24.3 Å². The fourth-order valence-corrected chi connectivity index (χ4v) is 2.38. The number of carbonyl (C=O) groups is 1. The van der Waals surface area contributed by atoms with Crippen LogP contribution in [-0.2, 0) is 4.79 Å². The van der Waals surface area contributed by atoms with Crippen LogP contribution in [0.2, 0.25) is 0 Å². The highest BCUT2D eigenvalue weighted by molar-refractivity contribution is 9.10. The predicted molar refractivity (Wildman–Crippen MR) is 69.6 cm³/mol. The highest BCUT2D eigenvalue weighted by Crippen LogP contribution is 2.21. The normalized spacial score (nSPS) is 12.2. The number of carbonyl (C=O) groups excluding carboxylic acids is 1. The van der Waals surface area contributed by atoms with Crippen LogP contribution < -0.4 is 5.32 Å². The van der Waals surface area contributed by atoms with E-state index < -0.39 is 0 Å². The van der Waals surface area contributed by atoms with Crippen molar-refractivity contribution in [1.29, 1.82) is 0 Å². The predicted octanol–water partition coefficient (Wildman–Crippen LogP) is 2.04. The summed E-state index contributed by atoms with van der Waals surface area (Å²) in [6, 6.07) is 7.61. The minimum Gasteiger partial charge on any atom is -0.394 e. The van der Waals surface area contributed by atoms with Gasteiger partial charge >= 0.3 is 0 Å². The molecule has 1 rings (SSSR count). The number of hydrogen-bond acceptors (Lipinski definition) is 3. The molecule has 1 aromatic rings. The van der Waals surface area contributed by atoms with Gasteiger partial charge in [-0.3, -0.25) is 4.79 Å². The van der Waals surface area contributed by atoms with Gasteiger partial charge in [-0.2, -0.15) is 0 Å². The Morgan fingerprint density at radius 2 is 2.38 bits per heavy atom. The zero-order valence-electron chi connectivity index (χ0n) is 8.94. The quantitative estimate of drug-likeness (QED) is 0.819. The number of thioether (sulfide) groups is 1. The van der Waals surface area contributed by atoms with Gasteiger partial charge in [-0.25, -0.2) is 0 Å². The molecule has 1 unspecified atom stereocenters. The van der Waals surface area contributed by atoms with Crippen molar-refractivity contribution in [1.82, 2.24) is 5.32 Å². The summed E-state index contributed by atoms with van der Waals surface area (Å²) in [7, 11) is 0. The number of halogens is 1. The molecular weight excluding hydrogens is 290 g/mol. The molecule has 0 aliphatic rings. The number of benzene rings is 1. The lowest BCUT2D eigenvalue weighted by molar-refractivity contribution is -0.119. The molecule has 88 valence electrons. The standard InChI is InChI=1S/C11H14BrNO2S/c1-8(6-14)13-11(15)7-16-10-4-2-3-9(12)5-10/h2-5,8,14H,6-7H2,1H3,(H,13,15). The lowest BCUT2D eigenvalue weighted by atomic mass is 10.4. The average molecular weight is 304 g/mol. The van der Waals surface area contributed by atoms with Crippen LogP contribution >= 0.6 is 27.7 Å². The molecule has 1 aromatic carbocycles. The summed E-state index contributed by atoms with van der Waals surface area (Å²) in [5.74, 6) is 0.298. The molecule has 1 atom stereocenters. The summed E-state index contributed by atoms with van der Waals surface area (Å²) >= 11 is 4.85. The molecule has 0 aromatic heterocycles. The van der Waals surface area contributed by atoms with Gasteiger partial charge in [-0.15, -0.1) is 11.8 Å². The second-order valence-corrected chi connectivity index (χ2v) is 5.36. The number of aliphatic hydroxyl groups excluding tert-OH is 1. The molecule has 0 heterocycles.